The molecule has 0 aliphatic rings. The van der Waals surface area contributed by atoms with Crippen molar-refractivity contribution in [1.29, 1.82) is 0 Å². The number of benzene rings is 1. The first-order valence-electron chi connectivity index (χ1n) is 5.71. The van der Waals surface area contributed by atoms with Gasteiger partial charge in [0.25, 0.3) is 0 Å². The largest absolute Gasteiger partial charge is 0.377 e. The number of nitrogens with one attached hydrogen (secondary N) is 1. The van der Waals surface area contributed by atoms with Crippen LogP contribution in [0.3, 0.4) is 0 Å². The van der Waals surface area contributed by atoms with Crippen LogP contribution in [0, 0.1) is 12.7 Å². The molecule has 1 aromatic carbocycles. The molecular formula is C14H14ClFN2. The van der Waals surface area contributed by atoms with E-state index in [0.717, 1.165) is 22.0 Å². The molecule has 0 saturated carbocycles. The number of hydrogen-bond donors (Lipinski definition) is 1. The zero-order chi connectivity index (χ0) is 13.1. The summed E-state index contributed by atoms with van der Waals surface area (Å²) in [7, 11) is 0. The molecule has 0 radical (unpaired) electrons. The van der Waals surface area contributed by atoms with Gasteiger partial charge in [-0.2, -0.15) is 0 Å². The second kappa shape index (κ2) is 5.36. The summed E-state index contributed by atoms with van der Waals surface area (Å²) in [6, 6.07) is 8.77. The lowest BCUT2D eigenvalue weighted by Gasteiger charge is -2.17. The van der Waals surface area contributed by atoms with Gasteiger partial charge in [-0.3, -0.25) is 4.98 Å². The fraction of sp³-hybridized carbons (Fsp3) is 0.214. The topological polar surface area (TPSA) is 24.9 Å². The molecule has 1 heterocycles. The van der Waals surface area contributed by atoms with E-state index >= 15 is 0 Å². The molecule has 4 heteroatoms. The number of rotatable bonds is 3. The molecule has 1 aromatic heterocycles. The second-order valence-corrected chi connectivity index (χ2v) is 4.59. The van der Waals surface area contributed by atoms with Gasteiger partial charge in [0.2, 0.25) is 0 Å². The lowest BCUT2D eigenvalue weighted by Crippen LogP contribution is -2.09. The number of aromatic nitrogens is 1. The Balaban J connectivity index is 2.18. The number of hydrogen-bond acceptors (Lipinski definition) is 2. The Morgan fingerprint density at radius 2 is 2.06 bits per heavy atom. The van der Waals surface area contributed by atoms with Crippen molar-refractivity contribution in [3.63, 3.8) is 0 Å². The zero-order valence-electron chi connectivity index (χ0n) is 10.2. The van der Waals surface area contributed by atoms with Gasteiger partial charge in [-0.05, 0) is 43.7 Å². The molecule has 94 valence electrons. The van der Waals surface area contributed by atoms with Crippen LogP contribution >= 0.6 is 11.6 Å². The molecule has 18 heavy (non-hydrogen) atoms. The Kier molecular flexibility index (Phi) is 3.82. The van der Waals surface area contributed by atoms with Gasteiger partial charge in [0.1, 0.15) is 5.82 Å². The molecule has 2 aromatic rings. The molecule has 1 atom stereocenters. The summed E-state index contributed by atoms with van der Waals surface area (Å²) in [5, 5.41) is 4.04. The third-order valence-electron chi connectivity index (χ3n) is 2.83. The Morgan fingerprint density at radius 1 is 1.28 bits per heavy atom. The summed E-state index contributed by atoms with van der Waals surface area (Å²) in [6.07, 6.45) is 1.22. The van der Waals surface area contributed by atoms with E-state index in [-0.39, 0.29) is 11.9 Å². The summed E-state index contributed by atoms with van der Waals surface area (Å²) < 4.78 is 12.8. The van der Waals surface area contributed by atoms with Crippen molar-refractivity contribution in [2.24, 2.45) is 0 Å². The van der Waals surface area contributed by atoms with Crippen LogP contribution in [-0.2, 0) is 0 Å². The summed E-state index contributed by atoms with van der Waals surface area (Å²) in [5.41, 5.74) is 2.74. The molecule has 0 saturated heterocycles. The molecule has 0 fully saturated rings. The van der Waals surface area contributed by atoms with Gasteiger partial charge >= 0.3 is 0 Å². The summed E-state index contributed by atoms with van der Waals surface area (Å²) in [5.74, 6) is -0.329. The van der Waals surface area contributed by atoms with E-state index < -0.39 is 0 Å². The van der Waals surface area contributed by atoms with Crippen molar-refractivity contribution in [3.05, 3.63) is 58.6 Å². The van der Waals surface area contributed by atoms with Gasteiger partial charge in [0, 0.05) is 10.7 Å². The Morgan fingerprint density at radius 3 is 2.72 bits per heavy atom. The Hall–Kier alpha value is -1.61. The number of anilines is 1. The summed E-state index contributed by atoms with van der Waals surface area (Å²) in [4.78, 5) is 4.06. The van der Waals surface area contributed by atoms with E-state index in [0.29, 0.717) is 0 Å². The standard InChI is InChI=1S/C14H14ClFN2/c1-9-12(15)4-3-5-13(9)18-10(2)14-7-6-11(16)8-17-14/h3-8,10,18H,1-2H3. The molecule has 2 nitrogen and oxygen atoms in total. The van der Waals surface area contributed by atoms with Crippen LogP contribution in [0.15, 0.2) is 36.5 Å². The van der Waals surface area contributed by atoms with E-state index in [9.17, 15) is 4.39 Å². The first-order chi connectivity index (χ1) is 8.58. The fourth-order valence-corrected chi connectivity index (χ4v) is 1.89. The summed E-state index contributed by atoms with van der Waals surface area (Å²) >= 11 is 6.06. The van der Waals surface area contributed by atoms with Crippen molar-refractivity contribution in [2.45, 2.75) is 19.9 Å². The maximum Gasteiger partial charge on any atom is 0.141 e. The molecule has 0 amide bonds. The van der Waals surface area contributed by atoms with Crippen molar-refractivity contribution in [1.82, 2.24) is 4.98 Å². The highest BCUT2D eigenvalue weighted by atomic mass is 35.5. The molecule has 0 spiro atoms. The molecule has 2 rings (SSSR count). The average Bonchev–Trinajstić information content (AvgIpc) is 2.36. The minimum absolute atomic E-state index is 0.0113. The molecule has 0 aliphatic heterocycles. The third-order valence-corrected chi connectivity index (χ3v) is 3.24. The van der Waals surface area contributed by atoms with Gasteiger partial charge in [0.15, 0.2) is 0 Å². The lowest BCUT2D eigenvalue weighted by atomic mass is 10.1. The highest BCUT2D eigenvalue weighted by Crippen LogP contribution is 2.26. The molecule has 1 N–H and O–H groups in total. The Bertz CT molecular complexity index is 540. The number of pyridine rings is 1. The first kappa shape index (κ1) is 12.8. The van der Waals surface area contributed by atoms with Crippen LogP contribution < -0.4 is 5.32 Å². The number of halogens is 2. The van der Waals surface area contributed by atoms with E-state index in [2.05, 4.69) is 10.3 Å². The van der Waals surface area contributed by atoms with Gasteiger partial charge in [-0.1, -0.05) is 17.7 Å². The van der Waals surface area contributed by atoms with Crippen LogP contribution in [0.2, 0.25) is 5.02 Å². The van der Waals surface area contributed by atoms with E-state index in [1.54, 1.807) is 6.07 Å². The third kappa shape index (κ3) is 2.79. The lowest BCUT2D eigenvalue weighted by molar-refractivity contribution is 0.617. The maximum absolute atomic E-state index is 12.8. The highest BCUT2D eigenvalue weighted by molar-refractivity contribution is 6.31. The monoisotopic (exact) mass is 264 g/mol. The minimum atomic E-state index is -0.329. The SMILES string of the molecule is Cc1c(Cl)cccc1NC(C)c1ccc(F)cn1. The van der Waals surface area contributed by atoms with E-state index in [1.807, 2.05) is 32.0 Å². The summed E-state index contributed by atoms with van der Waals surface area (Å²) in [6.45, 7) is 3.93. The normalized spacial score (nSPS) is 12.2. The van der Waals surface area contributed by atoms with Crippen molar-refractivity contribution >= 4 is 17.3 Å². The quantitative estimate of drug-likeness (QED) is 0.891. The van der Waals surface area contributed by atoms with Crippen LogP contribution in [0.1, 0.15) is 24.2 Å². The molecule has 0 bridgehead atoms. The van der Waals surface area contributed by atoms with Gasteiger partial charge in [0.05, 0.1) is 17.9 Å². The number of nitrogens with zero attached hydrogens (tertiary/aromatic N) is 1. The van der Waals surface area contributed by atoms with Gasteiger partial charge in [-0.25, -0.2) is 4.39 Å². The first-order valence-corrected chi connectivity index (χ1v) is 6.09. The predicted molar refractivity (Wildman–Crippen MR) is 72.4 cm³/mol. The molecule has 0 aliphatic carbocycles. The van der Waals surface area contributed by atoms with Crippen molar-refractivity contribution in [2.75, 3.05) is 5.32 Å². The van der Waals surface area contributed by atoms with Crippen molar-refractivity contribution < 1.29 is 4.39 Å². The van der Waals surface area contributed by atoms with Crippen LogP contribution in [0.25, 0.3) is 0 Å². The van der Waals surface area contributed by atoms with Crippen molar-refractivity contribution in [3.8, 4) is 0 Å². The van der Waals surface area contributed by atoms with Crippen LogP contribution in [0.4, 0.5) is 10.1 Å². The molecule has 1 unspecified atom stereocenters. The predicted octanol–water partition coefficient (Wildman–Crippen LogP) is 4.36. The van der Waals surface area contributed by atoms with Gasteiger partial charge < -0.3 is 5.32 Å². The van der Waals surface area contributed by atoms with Crippen LogP contribution in [0.5, 0.6) is 0 Å². The smallest absolute Gasteiger partial charge is 0.141 e. The van der Waals surface area contributed by atoms with E-state index in [1.165, 1.54) is 12.3 Å². The fourth-order valence-electron chi connectivity index (χ4n) is 1.71. The average molecular weight is 265 g/mol. The van der Waals surface area contributed by atoms with E-state index in [4.69, 9.17) is 11.6 Å². The van der Waals surface area contributed by atoms with Gasteiger partial charge in [-0.15, -0.1) is 0 Å². The molecular weight excluding hydrogens is 251 g/mol. The highest BCUT2D eigenvalue weighted by Gasteiger charge is 2.09. The van der Waals surface area contributed by atoms with Crippen LogP contribution in [-0.4, -0.2) is 4.98 Å². The minimum Gasteiger partial charge on any atom is -0.377 e. The zero-order valence-corrected chi connectivity index (χ0v) is 11.0. The second-order valence-electron chi connectivity index (χ2n) is 4.18. The Labute approximate surface area is 111 Å². The maximum atomic E-state index is 12.8.